The summed E-state index contributed by atoms with van der Waals surface area (Å²) in [5, 5.41) is 3.40. The van der Waals surface area contributed by atoms with E-state index in [-0.39, 0.29) is 0 Å². The summed E-state index contributed by atoms with van der Waals surface area (Å²) in [6.07, 6.45) is 3.88. The maximum atomic E-state index is 3.81. The van der Waals surface area contributed by atoms with Crippen molar-refractivity contribution < 1.29 is 0 Å². The van der Waals surface area contributed by atoms with E-state index < -0.39 is 0 Å². The van der Waals surface area contributed by atoms with Crippen molar-refractivity contribution >= 4 is 0 Å². The molecule has 0 radical (unpaired) electrons. The Morgan fingerprint density at radius 2 is 1.75 bits per heavy atom. The average Bonchev–Trinajstić information content (AvgIpc) is 2.46. The van der Waals surface area contributed by atoms with Gasteiger partial charge in [-0.2, -0.15) is 0 Å². The molecule has 2 nitrogen and oxygen atoms in total. The molecule has 1 atom stereocenters. The van der Waals surface area contributed by atoms with Crippen LogP contribution in [-0.2, 0) is 6.54 Å². The summed E-state index contributed by atoms with van der Waals surface area (Å²) in [6, 6.07) is 8.96. The van der Waals surface area contributed by atoms with Gasteiger partial charge in [-0.3, -0.25) is 4.90 Å². The van der Waals surface area contributed by atoms with E-state index >= 15 is 0 Å². The summed E-state index contributed by atoms with van der Waals surface area (Å²) < 4.78 is 0. The first-order chi connectivity index (χ1) is 9.71. The SMILES string of the molecule is C=CCN(CC=C)Cc1ccc(C(C)CNCC)cc1. The van der Waals surface area contributed by atoms with Crippen LogP contribution in [0.1, 0.15) is 30.9 Å². The molecule has 0 aliphatic heterocycles. The van der Waals surface area contributed by atoms with E-state index in [1.165, 1.54) is 11.1 Å². The standard InChI is InChI=1S/C18H28N2/c1-5-12-20(13-6-2)15-17-8-10-18(11-9-17)16(4)14-19-7-3/h5-6,8-11,16,19H,1-2,7,12-15H2,3-4H3. The molecule has 1 N–H and O–H groups in total. The Morgan fingerprint density at radius 1 is 1.15 bits per heavy atom. The van der Waals surface area contributed by atoms with Gasteiger partial charge in [-0.1, -0.05) is 50.3 Å². The highest BCUT2D eigenvalue weighted by molar-refractivity contribution is 5.25. The Labute approximate surface area is 124 Å². The highest BCUT2D eigenvalue weighted by Gasteiger charge is 2.06. The molecule has 110 valence electrons. The van der Waals surface area contributed by atoms with E-state index in [9.17, 15) is 0 Å². The molecule has 1 unspecified atom stereocenters. The molecule has 1 aromatic carbocycles. The van der Waals surface area contributed by atoms with Gasteiger partial charge in [0.2, 0.25) is 0 Å². The molecule has 1 rings (SSSR count). The third-order valence-electron chi connectivity index (χ3n) is 3.43. The second kappa shape index (κ2) is 9.51. The highest BCUT2D eigenvalue weighted by atomic mass is 15.1. The number of benzene rings is 1. The van der Waals surface area contributed by atoms with Crippen LogP contribution in [0.3, 0.4) is 0 Å². The van der Waals surface area contributed by atoms with Crippen molar-refractivity contribution in [2.75, 3.05) is 26.2 Å². The number of hydrogen-bond acceptors (Lipinski definition) is 2. The second-order valence-electron chi connectivity index (χ2n) is 5.22. The zero-order valence-electron chi connectivity index (χ0n) is 12.9. The molecule has 0 aliphatic rings. The molecule has 1 aromatic rings. The summed E-state index contributed by atoms with van der Waals surface area (Å²) in [5.74, 6) is 0.557. The minimum Gasteiger partial charge on any atom is -0.316 e. The summed E-state index contributed by atoms with van der Waals surface area (Å²) >= 11 is 0. The van der Waals surface area contributed by atoms with Gasteiger partial charge in [0.1, 0.15) is 0 Å². The van der Waals surface area contributed by atoms with Crippen molar-refractivity contribution in [3.63, 3.8) is 0 Å². The third kappa shape index (κ3) is 5.72. The predicted octanol–water partition coefficient (Wildman–Crippen LogP) is 3.57. The van der Waals surface area contributed by atoms with Crippen molar-refractivity contribution in [2.45, 2.75) is 26.3 Å². The smallest absolute Gasteiger partial charge is 0.0240 e. The Bertz CT molecular complexity index is 384. The minimum absolute atomic E-state index is 0.557. The van der Waals surface area contributed by atoms with E-state index in [0.29, 0.717) is 5.92 Å². The van der Waals surface area contributed by atoms with Crippen LogP contribution in [-0.4, -0.2) is 31.1 Å². The van der Waals surface area contributed by atoms with Gasteiger partial charge in [-0.05, 0) is 23.6 Å². The Morgan fingerprint density at radius 3 is 2.25 bits per heavy atom. The van der Waals surface area contributed by atoms with Gasteiger partial charge in [0, 0.05) is 26.2 Å². The van der Waals surface area contributed by atoms with Crippen molar-refractivity contribution in [1.82, 2.24) is 10.2 Å². The van der Waals surface area contributed by atoms with E-state index in [1.807, 2.05) is 12.2 Å². The molecule has 2 heteroatoms. The molecule has 0 spiro atoms. The van der Waals surface area contributed by atoms with Crippen LogP contribution >= 0.6 is 0 Å². The van der Waals surface area contributed by atoms with Gasteiger partial charge in [0.25, 0.3) is 0 Å². The molecular formula is C18H28N2. The van der Waals surface area contributed by atoms with Crippen LogP contribution < -0.4 is 5.32 Å². The molecular weight excluding hydrogens is 244 g/mol. The normalized spacial score (nSPS) is 12.3. The summed E-state index contributed by atoms with van der Waals surface area (Å²) in [7, 11) is 0. The molecule has 0 heterocycles. The molecule has 0 aliphatic carbocycles. The van der Waals surface area contributed by atoms with E-state index in [1.54, 1.807) is 0 Å². The molecule has 0 saturated heterocycles. The second-order valence-corrected chi connectivity index (χ2v) is 5.22. The van der Waals surface area contributed by atoms with Gasteiger partial charge in [-0.15, -0.1) is 13.2 Å². The van der Waals surface area contributed by atoms with Gasteiger partial charge >= 0.3 is 0 Å². The third-order valence-corrected chi connectivity index (χ3v) is 3.43. The average molecular weight is 272 g/mol. The number of hydrogen-bond donors (Lipinski definition) is 1. The van der Waals surface area contributed by atoms with Crippen LogP contribution in [0.4, 0.5) is 0 Å². The van der Waals surface area contributed by atoms with Gasteiger partial charge in [0.05, 0.1) is 0 Å². The van der Waals surface area contributed by atoms with Crippen molar-refractivity contribution in [1.29, 1.82) is 0 Å². The molecule has 0 aromatic heterocycles. The number of rotatable bonds is 10. The fraction of sp³-hybridized carbons (Fsp3) is 0.444. The first-order valence-electron chi connectivity index (χ1n) is 7.45. The van der Waals surface area contributed by atoms with Crippen LogP contribution in [0.25, 0.3) is 0 Å². The predicted molar refractivity (Wildman–Crippen MR) is 89.1 cm³/mol. The molecule has 0 saturated carbocycles. The van der Waals surface area contributed by atoms with Crippen LogP contribution in [0.5, 0.6) is 0 Å². The lowest BCUT2D eigenvalue weighted by Gasteiger charge is -2.19. The summed E-state index contributed by atoms with van der Waals surface area (Å²) in [4.78, 5) is 2.32. The maximum Gasteiger partial charge on any atom is 0.0240 e. The van der Waals surface area contributed by atoms with Crippen LogP contribution in [0, 0.1) is 0 Å². The van der Waals surface area contributed by atoms with E-state index in [4.69, 9.17) is 0 Å². The van der Waals surface area contributed by atoms with Crippen molar-refractivity contribution in [3.05, 3.63) is 60.7 Å². The number of likely N-dealkylation sites (N-methyl/N-ethyl adjacent to an activating group) is 1. The zero-order chi connectivity index (χ0) is 14.8. The van der Waals surface area contributed by atoms with Crippen molar-refractivity contribution in [3.8, 4) is 0 Å². The largest absolute Gasteiger partial charge is 0.316 e. The fourth-order valence-corrected chi connectivity index (χ4v) is 2.26. The first-order valence-corrected chi connectivity index (χ1v) is 7.45. The molecule has 0 bridgehead atoms. The summed E-state index contributed by atoms with van der Waals surface area (Å²) in [6.45, 7) is 16.8. The molecule has 0 amide bonds. The van der Waals surface area contributed by atoms with Gasteiger partial charge in [0.15, 0.2) is 0 Å². The zero-order valence-corrected chi connectivity index (χ0v) is 12.9. The topological polar surface area (TPSA) is 15.3 Å². The van der Waals surface area contributed by atoms with E-state index in [2.05, 4.69) is 61.5 Å². The van der Waals surface area contributed by atoms with Crippen molar-refractivity contribution in [2.24, 2.45) is 0 Å². The van der Waals surface area contributed by atoms with Gasteiger partial charge < -0.3 is 5.32 Å². The molecule has 20 heavy (non-hydrogen) atoms. The monoisotopic (exact) mass is 272 g/mol. The number of nitrogens with zero attached hydrogens (tertiary/aromatic N) is 1. The first kappa shape index (κ1) is 16.7. The lowest BCUT2D eigenvalue weighted by atomic mass is 9.99. The Kier molecular flexibility index (Phi) is 7.93. The van der Waals surface area contributed by atoms with Crippen LogP contribution in [0.2, 0.25) is 0 Å². The lowest BCUT2D eigenvalue weighted by Crippen LogP contribution is -2.23. The Balaban J connectivity index is 2.60. The minimum atomic E-state index is 0.557. The van der Waals surface area contributed by atoms with Crippen LogP contribution in [0.15, 0.2) is 49.6 Å². The maximum absolute atomic E-state index is 3.81. The van der Waals surface area contributed by atoms with E-state index in [0.717, 1.165) is 32.7 Å². The molecule has 0 fully saturated rings. The number of nitrogens with one attached hydrogen (secondary N) is 1. The fourth-order valence-electron chi connectivity index (χ4n) is 2.26. The van der Waals surface area contributed by atoms with Gasteiger partial charge in [-0.25, -0.2) is 0 Å². The Hall–Kier alpha value is -1.38. The highest BCUT2D eigenvalue weighted by Crippen LogP contribution is 2.16. The summed E-state index contributed by atoms with van der Waals surface area (Å²) in [5.41, 5.74) is 2.74. The quantitative estimate of drug-likeness (QED) is 0.655. The lowest BCUT2D eigenvalue weighted by molar-refractivity contribution is 0.328.